The van der Waals surface area contributed by atoms with E-state index in [0.717, 1.165) is 0 Å². The van der Waals surface area contributed by atoms with E-state index in [0.29, 0.717) is 51.1 Å². The van der Waals surface area contributed by atoms with Crippen LogP contribution in [0.5, 0.6) is 5.75 Å². The standard InChI is InChI=1S/C15H23NO5/c1-2-20-15(17)7-8-18-9-10-19-11-12-21-14-6-4-3-5-13(14)16/h3-6H,2,7-12,16H2,1H3. The van der Waals surface area contributed by atoms with Gasteiger partial charge in [-0.05, 0) is 19.1 Å². The second kappa shape index (κ2) is 10.9. The second-order valence-electron chi connectivity index (χ2n) is 4.17. The SMILES string of the molecule is CCOC(=O)CCOCCOCCOc1ccccc1N. The smallest absolute Gasteiger partial charge is 0.308 e. The van der Waals surface area contributed by atoms with E-state index >= 15 is 0 Å². The van der Waals surface area contributed by atoms with Gasteiger partial charge in [0, 0.05) is 0 Å². The van der Waals surface area contributed by atoms with Crippen LogP contribution in [0.15, 0.2) is 24.3 Å². The number of carbonyl (C=O) groups excluding carboxylic acids is 1. The van der Waals surface area contributed by atoms with E-state index in [1.54, 1.807) is 13.0 Å². The molecule has 2 N–H and O–H groups in total. The number of hydrogen-bond acceptors (Lipinski definition) is 6. The van der Waals surface area contributed by atoms with Crippen molar-refractivity contribution in [3.8, 4) is 5.75 Å². The highest BCUT2D eigenvalue weighted by atomic mass is 16.5. The average Bonchev–Trinajstić information content (AvgIpc) is 2.47. The van der Waals surface area contributed by atoms with Gasteiger partial charge in [-0.15, -0.1) is 0 Å². The summed E-state index contributed by atoms with van der Waals surface area (Å²) in [6.07, 6.45) is 0.268. The van der Waals surface area contributed by atoms with E-state index in [-0.39, 0.29) is 12.4 Å². The molecule has 0 amide bonds. The maximum Gasteiger partial charge on any atom is 0.308 e. The first-order chi connectivity index (χ1) is 10.2. The Morgan fingerprint density at radius 1 is 1.05 bits per heavy atom. The van der Waals surface area contributed by atoms with Crippen LogP contribution in [0.1, 0.15) is 13.3 Å². The Morgan fingerprint density at radius 3 is 2.43 bits per heavy atom. The summed E-state index contributed by atoms with van der Waals surface area (Å²) in [7, 11) is 0. The lowest BCUT2D eigenvalue weighted by molar-refractivity contribution is -0.144. The minimum Gasteiger partial charge on any atom is -0.489 e. The van der Waals surface area contributed by atoms with Crippen LogP contribution in [0.2, 0.25) is 0 Å². The summed E-state index contributed by atoms with van der Waals surface area (Å²) < 4.78 is 20.8. The molecule has 6 heteroatoms. The molecule has 0 fully saturated rings. The van der Waals surface area contributed by atoms with Gasteiger partial charge >= 0.3 is 5.97 Å². The van der Waals surface area contributed by atoms with Gasteiger partial charge in [0.1, 0.15) is 12.4 Å². The molecule has 1 rings (SSSR count). The number of ether oxygens (including phenoxy) is 4. The van der Waals surface area contributed by atoms with E-state index in [1.807, 2.05) is 18.2 Å². The van der Waals surface area contributed by atoms with Crippen molar-refractivity contribution in [2.45, 2.75) is 13.3 Å². The fourth-order valence-electron chi connectivity index (χ4n) is 1.53. The van der Waals surface area contributed by atoms with Crippen LogP contribution >= 0.6 is 0 Å². The van der Waals surface area contributed by atoms with Gasteiger partial charge in [0.2, 0.25) is 0 Å². The quantitative estimate of drug-likeness (QED) is 0.380. The second-order valence-corrected chi connectivity index (χ2v) is 4.17. The summed E-state index contributed by atoms with van der Waals surface area (Å²) in [5, 5.41) is 0. The van der Waals surface area contributed by atoms with Crippen molar-refractivity contribution in [2.24, 2.45) is 0 Å². The number of hydrogen-bond donors (Lipinski definition) is 1. The molecule has 1 aromatic rings. The molecule has 0 atom stereocenters. The van der Waals surface area contributed by atoms with Gasteiger partial charge in [0.15, 0.2) is 0 Å². The molecular weight excluding hydrogens is 274 g/mol. The zero-order valence-corrected chi connectivity index (χ0v) is 12.4. The van der Waals surface area contributed by atoms with Gasteiger partial charge in [0.05, 0.1) is 45.1 Å². The summed E-state index contributed by atoms with van der Waals surface area (Å²) in [6, 6.07) is 7.32. The third-order valence-corrected chi connectivity index (χ3v) is 2.53. The highest BCUT2D eigenvalue weighted by Crippen LogP contribution is 2.19. The fourth-order valence-corrected chi connectivity index (χ4v) is 1.53. The van der Waals surface area contributed by atoms with E-state index in [4.69, 9.17) is 24.7 Å². The van der Waals surface area contributed by atoms with Gasteiger partial charge in [0.25, 0.3) is 0 Å². The molecule has 118 valence electrons. The maximum absolute atomic E-state index is 11.0. The minimum absolute atomic E-state index is 0.243. The van der Waals surface area contributed by atoms with Crippen LogP contribution in [-0.4, -0.2) is 45.6 Å². The van der Waals surface area contributed by atoms with Crippen LogP contribution in [-0.2, 0) is 19.0 Å². The van der Waals surface area contributed by atoms with E-state index in [1.165, 1.54) is 0 Å². The largest absolute Gasteiger partial charge is 0.489 e. The predicted molar refractivity (Wildman–Crippen MR) is 79.2 cm³/mol. The van der Waals surface area contributed by atoms with Crippen molar-refractivity contribution in [3.05, 3.63) is 24.3 Å². The Hall–Kier alpha value is -1.79. The molecule has 1 aromatic carbocycles. The molecule has 0 radical (unpaired) electrons. The topological polar surface area (TPSA) is 80.0 Å². The molecule has 6 nitrogen and oxygen atoms in total. The minimum atomic E-state index is -0.243. The monoisotopic (exact) mass is 297 g/mol. The normalized spacial score (nSPS) is 10.3. The van der Waals surface area contributed by atoms with Gasteiger partial charge in [-0.3, -0.25) is 4.79 Å². The van der Waals surface area contributed by atoms with Crippen molar-refractivity contribution in [1.29, 1.82) is 0 Å². The number of nitrogens with two attached hydrogens (primary N) is 1. The Labute approximate surface area is 125 Å². The van der Waals surface area contributed by atoms with Gasteiger partial charge in [-0.2, -0.15) is 0 Å². The van der Waals surface area contributed by atoms with Crippen molar-refractivity contribution in [2.75, 3.05) is 45.4 Å². The number of nitrogen functional groups attached to an aromatic ring is 1. The van der Waals surface area contributed by atoms with E-state index in [9.17, 15) is 4.79 Å². The molecule has 0 bridgehead atoms. The Kier molecular flexibility index (Phi) is 8.99. The molecule has 0 aliphatic carbocycles. The first kappa shape index (κ1) is 17.3. The Morgan fingerprint density at radius 2 is 1.71 bits per heavy atom. The molecule has 0 saturated heterocycles. The summed E-state index contributed by atoms with van der Waals surface area (Å²) in [4.78, 5) is 11.0. The summed E-state index contributed by atoms with van der Waals surface area (Å²) in [6.45, 7) is 4.29. The molecular formula is C15H23NO5. The number of rotatable bonds is 11. The first-order valence-corrected chi connectivity index (χ1v) is 7.02. The van der Waals surface area contributed by atoms with Crippen LogP contribution in [0, 0.1) is 0 Å². The summed E-state index contributed by atoms with van der Waals surface area (Å²) in [5.74, 6) is 0.416. The van der Waals surface area contributed by atoms with E-state index in [2.05, 4.69) is 0 Å². The van der Waals surface area contributed by atoms with Crippen molar-refractivity contribution < 1.29 is 23.7 Å². The highest BCUT2D eigenvalue weighted by Gasteiger charge is 2.01. The number of carbonyl (C=O) groups is 1. The maximum atomic E-state index is 11.0. The van der Waals surface area contributed by atoms with E-state index < -0.39 is 0 Å². The van der Waals surface area contributed by atoms with Crippen molar-refractivity contribution in [3.63, 3.8) is 0 Å². The number of anilines is 1. The molecule has 0 aromatic heterocycles. The number of para-hydroxylation sites is 2. The molecule has 0 aliphatic rings. The molecule has 0 aliphatic heterocycles. The lowest BCUT2D eigenvalue weighted by Crippen LogP contribution is -2.13. The molecule has 0 saturated carbocycles. The van der Waals surface area contributed by atoms with Gasteiger partial charge in [-0.1, -0.05) is 12.1 Å². The average molecular weight is 297 g/mol. The molecule has 0 heterocycles. The highest BCUT2D eigenvalue weighted by molar-refractivity contribution is 5.69. The van der Waals surface area contributed by atoms with Gasteiger partial charge in [-0.25, -0.2) is 0 Å². The lowest BCUT2D eigenvalue weighted by atomic mass is 10.3. The van der Waals surface area contributed by atoms with Crippen molar-refractivity contribution >= 4 is 11.7 Å². The number of esters is 1. The summed E-state index contributed by atoms with van der Waals surface area (Å²) >= 11 is 0. The summed E-state index contributed by atoms with van der Waals surface area (Å²) in [5.41, 5.74) is 6.35. The zero-order valence-electron chi connectivity index (χ0n) is 12.4. The Bertz CT molecular complexity index is 411. The van der Waals surface area contributed by atoms with Crippen LogP contribution in [0.4, 0.5) is 5.69 Å². The third-order valence-electron chi connectivity index (χ3n) is 2.53. The fraction of sp³-hybridized carbons (Fsp3) is 0.533. The van der Waals surface area contributed by atoms with Crippen molar-refractivity contribution in [1.82, 2.24) is 0 Å². The van der Waals surface area contributed by atoms with Crippen LogP contribution in [0.3, 0.4) is 0 Å². The van der Waals surface area contributed by atoms with Crippen LogP contribution in [0.25, 0.3) is 0 Å². The predicted octanol–water partition coefficient (Wildman–Crippen LogP) is 1.63. The number of benzene rings is 1. The molecule has 21 heavy (non-hydrogen) atoms. The third kappa shape index (κ3) is 8.16. The van der Waals surface area contributed by atoms with Gasteiger partial charge < -0.3 is 24.7 Å². The molecule has 0 unspecified atom stereocenters. The molecule has 0 spiro atoms. The lowest BCUT2D eigenvalue weighted by Gasteiger charge is -2.09. The Balaban J connectivity index is 1.91. The van der Waals surface area contributed by atoms with Crippen LogP contribution < -0.4 is 10.5 Å². The zero-order chi connectivity index (χ0) is 15.3. The first-order valence-electron chi connectivity index (χ1n) is 7.02.